The van der Waals surface area contributed by atoms with Crippen molar-refractivity contribution in [2.24, 2.45) is 16.8 Å². The van der Waals surface area contributed by atoms with E-state index in [9.17, 15) is 4.79 Å². The predicted octanol–water partition coefficient (Wildman–Crippen LogP) is 2.62. The number of carbonyl (C=O) groups is 1. The summed E-state index contributed by atoms with van der Waals surface area (Å²) in [7, 11) is 1.80. The lowest BCUT2D eigenvalue weighted by Crippen LogP contribution is -2.44. The van der Waals surface area contributed by atoms with Crippen molar-refractivity contribution in [2.45, 2.75) is 32.2 Å². The Bertz CT molecular complexity index is 564. The Morgan fingerprint density at radius 1 is 1.12 bits per heavy atom. The van der Waals surface area contributed by atoms with Crippen LogP contribution in [0.25, 0.3) is 0 Å². The number of fused-ring (bicyclic) bond motifs is 1. The third-order valence-corrected chi connectivity index (χ3v) is 5.23. The summed E-state index contributed by atoms with van der Waals surface area (Å²) in [6.07, 6.45) is 5.41. The topological polar surface area (TPSA) is 56.7 Å². The Morgan fingerprint density at radius 3 is 2.36 bits per heavy atom. The highest BCUT2D eigenvalue weighted by molar-refractivity contribution is 14.0. The van der Waals surface area contributed by atoms with E-state index in [0.29, 0.717) is 6.54 Å². The fourth-order valence-corrected chi connectivity index (χ4v) is 3.93. The molecule has 6 heteroatoms. The van der Waals surface area contributed by atoms with Crippen LogP contribution in [0.1, 0.15) is 31.2 Å². The van der Waals surface area contributed by atoms with Gasteiger partial charge in [0.05, 0.1) is 6.54 Å². The molecule has 5 nitrogen and oxygen atoms in total. The van der Waals surface area contributed by atoms with Crippen LogP contribution in [0.15, 0.2) is 35.3 Å². The summed E-state index contributed by atoms with van der Waals surface area (Å²) in [5, 5.41) is 6.16. The Labute approximate surface area is 167 Å². The number of guanidine groups is 1. The van der Waals surface area contributed by atoms with E-state index < -0.39 is 0 Å². The third-order valence-electron chi connectivity index (χ3n) is 5.23. The first kappa shape index (κ1) is 20.0. The molecule has 2 atom stereocenters. The fourth-order valence-electron chi connectivity index (χ4n) is 3.93. The van der Waals surface area contributed by atoms with Gasteiger partial charge in [-0.25, -0.2) is 0 Å². The van der Waals surface area contributed by atoms with E-state index >= 15 is 0 Å². The molecule has 1 aliphatic carbocycles. The molecule has 1 heterocycles. The van der Waals surface area contributed by atoms with E-state index in [1.165, 1.54) is 25.7 Å². The lowest BCUT2D eigenvalue weighted by atomic mass is 9.82. The molecule has 1 saturated heterocycles. The van der Waals surface area contributed by atoms with Crippen molar-refractivity contribution in [3.8, 4) is 0 Å². The number of benzene rings is 1. The van der Waals surface area contributed by atoms with E-state index in [2.05, 4.69) is 20.5 Å². The molecule has 1 aromatic rings. The maximum Gasteiger partial charge on any atom is 0.239 e. The molecule has 1 aromatic carbocycles. The number of carbonyl (C=O) groups excluding carboxylic acids is 1. The minimum Gasteiger partial charge on any atom is -0.350 e. The van der Waals surface area contributed by atoms with Gasteiger partial charge in [-0.05, 0) is 30.2 Å². The van der Waals surface area contributed by atoms with Gasteiger partial charge in [0, 0.05) is 26.7 Å². The molecular weight excluding hydrogens is 427 g/mol. The van der Waals surface area contributed by atoms with E-state index in [1.807, 2.05) is 30.3 Å². The van der Waals surface area contributed by atoms with Crippen molar-refractivity contribution >= 4 is 35.8 Å². The molecule has 0 radical (unpaired) electrons. The van der Waals surface area contributed by atoms with Crippen molar-refractivity contribution in [1.29, 1.82) is 0 Å². The number of rotatable bonds is 4. The van der Waals surface area contributed by atoms with E-state index in [1.54, 1.807) is 7.05 Å². The second kappa shape index (κ2) is 9.99. The van der Waals surface area contributed by atoms with Crippen molar-refractivity contribution in [3.63, 3.8) is 0 Å². The molecule has 3 rings (SSSR count). The monoisotopic (exact) mass is 456 g/mol. The number of aliphatic imine (C=N–C) groups is 1. The quantitative estimate of drug-likeness (QED) is 0.416. The predicted molar refractivity (Wildman–Crippen MR) is 112 cm³/mol. The van der Waals surface area contributed by atoms with Crippen LogP contribution in [0.4, 0.5) is 0 Å². The van der Waals surface area contributed by atoms with Crippen molar-refractivity contribution in [3.05, 3.63) is 35.9 Å². The van der Waals surface area contributed by atoms with Gasteiger partial charge < -0.3 is 15.5 Å². The normalized spacial score (nSPS) is 22.8. The molecule has 0 spiro atoms. The summed E-state index contributed by atoms with van der Waals surface area (Å²) in [5.74, 6) is 2.48. The summed E-state index contributed by atoms with van der Waals surface area (Å²) < 4.78 is 0. The van der Waals surface area contributed by atoms with Gasteiger partial charge in [-0.15, -0.1) is 24.0 Å². The van der Waals surface area contributed by atoms with Gasteiger partial charge in [-0.3, -0.25) is 9.79 Å². The zero-order valence-electron chi connectivity index (χ0n) is 14.9. The Kier molecular flexibility index (Phi) is 7.99. The number of nitrogens with zero attached hydrogens (tertiary/aromatic N) is 2. The third kappa shape index (κ3) is 5.59. The lowest BCUT2D eigenvalue weighted by molar-refractivity contribution is -0.120. The number of hydrogen-bond acceptors (Lipinski definition) is 2. The van der Waals surface area contributed by atoms with Gasteiger partial charge in [0.15, 0.2) is 5.96 Å². The van der Waals surface area contributed by atoms with Gasteiger partial charge in [-0.1, -0.05) is 43.2 Å². The van der Waals surface area contributed by atoms with Crippen LogP contribution in [0.3, 0.4) is 0 Å². The lowest BCUT2D eigenvalue weighted by Gasteiger charge is -2.22. The second-order valence-electron chi connectivity index (χ2n) is 6.87. The molecule has 0 bridgehead atoms. The first-order chi connectivity index (χ1) is 11.8. The average Bonchev–Trinajstić information content (AvgIpc) is 3.05. The van der Waals surface area contributed by atoms with E-state index in [0.717, 1.165) is 36.4 Å². The molecule has 2 fully saturated rings. The number of amides is 1. The van der Waals surface area contributed by atoms with Crippen LogP contribution in [0.5, 0.6) is 0 Å². The summed E-state index contributed by atoms with van der Waals surface area (Å²) in [4.78, 5) is 18.7. The highest BCUT2D eigenvalue weighted by Gasteiger charge is 2.35. The first-order valence-electron chi connectivity index (χ1n) is 9.02. The van der Waals surface area contributed by atoms with Crippen LogP contribution < -0.4 is 10.6 Å². The summed E-state index contributed by atoms with van der Waals surface area (Å²) in [5.41, 5.74) is 1.11. The van der Waals surface area contributed by atoms with Crippen LogP contribution >= 0.6 is 24.0 Å². The molecule has 0 aromatic heterocycles. The zero-order chi connectivity index (χ0) is 16.8. The van der Waals surface area contributed by atoms with Crippen molar-refractivity contribution in [2.75, 3.05) is 26.7 Å². The number of halogens is 1. The summed E-state index contributed by atoms with van der Waals surface area (Å²) in [6.45, 7) is 2.99. The highest BCUT2D eigenvalue weighted by atomic mass is 127. The maximum absolute atomic E-state index is 12.1. The summed E-state index contributed by atoms with van der Waals surface area (Å²) in [6, 6.07) is 9.96. The number of nitrogens with one attached hydrogen (secondary N) is 2. The van der Waals surface area contributed by atoms with Gasteiger partial charge >= 0.3 is 0 Å². The Balaban J connectivity index is 0.00000225. The van der Waals surface area contributed by atoms with E-state index in [-0.39, 0.29) is 36.4 Å². The Hall–Kier alpha value is -1.31. The minimum atomic E-state index is -0.00313. The van der Waals surface area contributed by atoms with Crippen LogP contribution in [0, 0.1) is 11.8 Å². The number of hydrogen-bond donors (Lipinski definition) is 2. The minimum absolute atomic E-state index is 0. The molecular formula is C19H29IN4O. The van der Waals surface area contributed by atoms with Crippen molar-refractivity contribution in [1.82, 2.24) is 15.5 Å². The SMILES string of the molecule is CN=C(NCC(=O)NCc1ccccc1)N1CC2CCCCC2C1.I. The first-order valence-corrected chi connectivity index (χ1v) is 9.02. The molecule has 1 aliphatic heterocycles. The van der Waals surface area contributed by atoms with Gasteiger partial charge in [0.25, 0.3) is 0 Å². The molecule has 1 saturated carbocycles. The average molecular weight is 456 g/mol. The maximum atomic E-state index is 12.1. The molecule has 25 heavy (non-hydrogen) atoms. The van der Waals surface area contributed by atoms with Gasteiger partial charge in [0.2, 0.25) is 5.91 Å². The van der Waals surface area contributed by atoms with Crippen molar-refractivity contribution < 1.29 is 4.79 Å². The van der Waals surface area contributed by atoms with Crippen LogP contribution in [-0.2, 0) is 11.3 Å². The standard InChI is InChI=1S/C19H28N4O.HI/c1-20-19(23-13-16-9-5-6-10-17(16)14-23)22-12-18(24)21-11-15-7-3-2-4-8-15;/h2-4,7-8,16-17H,5-6,9-14H2,1H3,(H,20,22)(H,21,24);1H. The molecule has 2 unspecified atom stereocenters. The van der Waals surface area contributed by atoms with Gasteiger partial charge in [-0.2, -0.15) is 0 Å². The molecule has 2 aliphatic rings. The van der Waals surface area contributed by atoms with Crippen LogP contribution in [-0.4, -0.2) is 43.4 Å². The van der Waals surface area contributed by atoms with Crippen LogP contribution in [0.2, 0.25) is 0 Å². The van der Waals surface area contributed by atoms with Gasteiger partial charge in [0.1, 0.15) is 0 Å². The molecule has 1 amide bonds. The Morgan fingerprint density at radius 2 is 1.76 bits per heavy atom. The smallest absolute Gasteiger partial charge is 0.239 e. The van der Waals surface area contributed by atoms with E-state index in [4.69, 9.17) is 0 Å². The largest absolute Gasteiger partial charge is 0.350 e. The second-order valence-corrected chi connectivity index (χ2v) is 6.87. The summed E-state index contributed by atoms with van der Waals surface area (Å²) >= 11 is 0. The molecule has 2 N–H and O–H groups in total. The molecule has 138 valence electrons. The highest BCUT2D eigenvalue weighted by Crippen LogP contribution is 2.35. The fraction of sp³-hybridized carbons (Fsp3) is 0.579. The zero-order valence-corrected chi connectivity index (χ0v) is 17.2. The number of likely N-dealkylation sites (tertiary alicyclic amines) is 1.